The Balaban J connectivity index is 2.61. The van der Waals surface area contributed by atoms with Crippen LogP contribution in [0.5, 0.6) is 0 Å². The lowest BCUT2D eigenvalue weighted by atomic mass is 10.2. The number of anilines is 1. The maximum atomic E-state index is 11.2. The van der Waals surface area contributed by atoms with E-state index in [1.165, 1.54) is 12.1 Å². The zero-order valence-corrected chi connectivity index (χ0v) is 8.71. The lowest BCUT2D eigenvalue weighted by Crippen LogP contribution is -2.47. The van der Waals surface area contributed by atoms with Gasteiger partial charge in [0.2, 0.25) is 0 Å². The SMILES string of the molecule is NN1C(=O)C(=O)[N]c2cc(Cl)c(Cl)cc21. The molecule has 7 heteroatoms. The Hall–Kier alpha value is -1.30. The van der Waals surface area contributed by atoms with E-state index < -0.39 is 11.8 Å². The van der Waals surface area contributed by atoms with Gasteiger partial charge in [-0.1, -0.05) is 23.2 Å². The molecule has 1 aromatic carbocycles. The van der Waals surface area contributed by atoms with Crippen molar-refractivity contribution in [1.29, 1.82) is 0 Å². The summed E-state index contributed by atoms with van der Waals surface area (Å²) in [6, 6.07) is 2.76. The predicted molar refractivity (Wildman–Crippen MR) is 54.9 cm³/mol. The average Bonchev–Trinajstić information content (AvgIpc) is 2.19. The molecule has 77 valence electrons. The summed E-state index contributed by atoms with van der Waals surface area (Å²) in [5.74, 6) is 3.57. The van der Waals surface area contributed by atoms with Crippen LogP contribution in [0.1, 0.15) is 0 Å². The summed E-state index contributed by atoms with van der Waals surface area (Å²) >= 11 is 11.5. The molecule has 0 saturated carbocycles. The van der Waals surface area contributed by atoms with Crippen LogP contribution >= 0.6 is 23.2 Å². The van der Waals surface area contributed by atoms with E-state index >= 15 is 0 Å². The summed E-state index contributed by atoms with van der Waals surface area (Å²) in [7, 11) is 0. The molecule has 1 aromatic rings. The normalized spacial score (nSPS) is 15.0. The minimum absolute atomic E-state index is 0.233. The third kappa shape index (κ3) is 1.54. The molecule has 0 aliphatic carbocycles. The van der Waals surface area contributed by atoms with Gasteiger partial charge in [-0.2, -0.15) is 0 Å². The number of halogens is 2. The first kappa shape index (κ1) is 10.2. The predicted octanol–water partition coefficient (Wildman–Crippen LogP) is 0.976. The second-order valence-corrected chi connectivity index (χ2v) is 3.66. The van der Waals surface area contributed by atoms with Gasteiger partial charge in [0.05, 0.1) is 21.4 Å². The van der Waals surface area contributed by atoms with E-state index in [1.807, 2.05) is 0 Å². The van der Waals surface area contributed by atoms with Gasteiger partial charge in [-0.05, 0) is 12.1 Å². The van der Waals surface area contributed by atoms with Crippen LogP contribution in [0.2, 0.25) is 10.0 Å². The van der Waals surface area contributed by atoms with Crippen LogP contribution in [0.15, 0.2) is 12.1 Å². The highest BCUT2D eigenvalue weighted by atomic mass is 35.5. The molecular weight excluding hydrogens is 241 g/mol. The zero-order chi connectivity index (χ0) is 11.2. The van der Waals surface area contributed by atoms with Gasteiger partial charge in [0.15, 0.2) is 0 Å². The zero-order valence-electron chi connectivity index (χ0n) is 7.20. The van der Waals surface area contributed by atoms with Gasteiger partial charge >= 0.3 is 11.8 Å². The van der Waals surface area contributed by atoms with E-state index in [9.17, 15) is 9.59 Å². The molecule has 0 aromatic heterocycles. The first-order valence-electron chi connectivity index (χ1n) is 3.84. The molecule has 0 saturated heterocycles. The van der Waals surface area contributed by atoms with Gasteiger partial charge in [0, 0.05) is 0 Å². The second-order valence-electron chi connectivity index (χ2n) is 2.85. The molecule has 1 radical (unpaired) electrons. The van der Waals surface area contributed by atoms with E-state index in [0.29, 0.717) is 5.01 Å². The molecule has 1 aliphatic heterocycles. The van der Waals surface area contributed by atoms with Gasteiger partial charge in [-0.25, -0.2) is 16.2 Å². The van der Waals surface area contributed by atoms with Crippen molar-refractivity contribution in [2.75, 3.05) is 5.01 Å². The monoisotopic (exact) mass is 244 g/mol. The maximum Gasteiger partial charge on any atom is 0.337 e. The van der Waals surface area contributed by atoms with Gasteiger partial charge in [0.1, 0.15) is 0 Å². The number of carbonyl (C=O) groups is 2. The Kier molecular flexibility index (Phi) is 2.30. The number of benzene rings is 1. The van der Waals surface area contributed by atoms with Crippen LogP contribution < -0.4 is 16.2 Å². The molecule has 2 amide bonds. The molecule has 0 spiro atoms. The third-order valence-corrected chi connectivity index (χ3v) is 2.62. The molecule has 0 bridgehead atoms. The number of hydrogen-bond acceptors (Lipinski definition) is 3. The standard InChI is InChI=1S/C8H4Cl2N3O2/c9-3-1-5-6(2-4(3)10)13(11)8(15)7(14)12-5/h1-2H,11H2. The van der Waals surface area contributed by atoms with Crippen molar-refractivity contribution >= 4 is 46.4 Å². The fourth-order valence-electron chi connectivity index (χ4n) is 1.18. The second kappa shape index (κ2) is 3.37. The van der Waals surface area contributed by atoms with E-state index in [0.717, 1.165) is 0 Å². The first-order chi connectivity index (χ1) is 7.00. The van der Waals surface area contributed by atoms with Crippen LogP contribution in [0.3, 0.4) is 0 Å². The van der Waals surface area contributed by atoms with Gasteiger partial charge in [-0.3, -0.25) is 9.59 Å². The molecule has 1 aliphatic rings. The van der Waals surface area contributed by atoms with Crippen LogP contribution in [-0.2, 0) is 9.59 Å². The Labute approximate surface area is 94.7 Å². The van der Waals surface area contributed by atoms with Crippen molar-refractivity contribution in [3.8, 4) is 0 Å². The number of carbonyl (C=O) groups excluding carboxylic acids is 2. The number of hydrogen-bond donors (Lipinski definition) is 1. The van der Waals surface area contributed by atoms with Gasteiger partial charge < -0.3 is 0 Å². The average molecular weight is 245 g/mol. The summed E-state index contributed by atoms with van der Waals surface area (Å²) in [6.45, 7) is 0. The van der Waals surface area contributed by atoms with Crippen LogP contribution in [0.25, 0.3) is 0 Å². The summed E-state index contributed by atoms with van der Waals surface area (Å²) < 4.78 is 0. The number of nitrogens with two attached hydrogens (primary N) is 1. The van der Waals surface area contributed by atoms with Crippen LogP contribution in [0, 0.1) is 0 Å². The van der Waals surface area contributed by atoms with Crippen molar-refractivity contribution in [3.05, 3.63) is 22.2 Å². The summed E-state index contributed by atoms with van der Waals surface area (Å²) in [4.78, 5) is 22.2. The quantitative estimate of drug-likeness (QED) is 0.420. The van der Waals surface area contributed by atoms with Crippen molar-refractivity contribution < 1.29 is 9.59 Å². The Morgan fingerprint density at radius 2 is 1.80 bits per heavy atom. The fourth-order valence-corrected chi connectivity index (χ4v) is 1.49. The molecule has 2 N–H and O–H groups in total. The number of hydrazine groups is 1. The highest BCUT2D eigenvalue weighted by Gasteiger charge is 2.31. The van der Waals surface area contributed by atoms with Crippen molar-refractivity contribution in [2.45, 2.75) is 0 Å². The Morgan fingerprint density at radius 3 is 2.47 bits per heavy atom. The van der Waals surface area contributed by atoms with Crippen molar-refractivity contribution in [2.24, 2.45) is 5.84 Å². The highest BCUT2D eigenvalue weighted by molar-refractivity contribution is 6.45. The fraction of sp³-hybridized carbons (Fsp3) is 0. The van der Waals surface area contributed by atoms with E-state index in [1.54, 1.807) is 0 Å². The van der Waals surface area contributed by atoms with E-state index in [4.69, 9.17) is 29.0 Å². The van der Waals surface area contributed by atoms with Crippen LogP contribution in [0.4, 0.5) is 11.4 Å². The van der Waals surface area contributed by atoms with Crippen molar-refractivity contribution in [1.82, 2.24) is 5.32 Å². The summed E-state index contributed by atoms with van der Waals surface area (Å²) in [6.07, 6.45) is 0. The molecule has 5 nitrogen and oxygen atoms in total. The molecule has 0 fully saturated rings. The van der Waals surface area contributed by atoms with E-state index in [2.05, 4.69) is 5.32 Å². The van der Waals surface area contributed by atoms with Crippen molar-refractivity contribution in [3.63, 3.8) is 0 Å². The lowest BCUT2D eigenvalue weighted by molar-refractivity contribution is -0.137. The summed E-state index contributed by atoms with van der Waals surface area (Å²) in [5, 5.41) is 4.71. The number of amides is 2. The lowest BCUT2D eigenvalue weighted by Gasteiger charge is -2.23. The van der Waals surface area contributed by atoms with E-state index in [-0.39, 0.29) is 21.4 Å². The number of nitrogens with zero attached hydrogens (tertiary/aromatic N) is 2. The molecule has 2 rings (SSSR count). The molecule has 1 heterocycles. The number of rotatable bonds is 0. The largest absolute Gasteiger partial charge is 0.337 e. The van der Waals surface area contributed by atoms with Crippen LogP contribution in [-0.4, -0.2) is 11.8 Å². The minimum Gasteiger partial charge on any atom is -0.261 e. The number of fused-ring (bicyclic) bond motifs is 1. The molecule has 0 atom stereocenters. The first-order valence-corrected chi connectivity index (χ1v) is 4.60. The highest BCUT2D eigenvalue weighted by Crippen LogP contribution is 2.35. The maximum absolute atomic E-state index is 11.2. The third-order valence-electron chi connectivity index (χ3n) is 1.90. The molecule has 0 unspecified atom stereocenters. The molecular formula is C8H4Cl2N3O2. The Morgan fingerprint density at radius 1 is 1.20 bits per heavy atom. The molecule has 15 heavy (non-hydrogen) atoms. The van der Waals surface area contributed by atoms with Gasteiger partial charge in [0.25, 0.3) is 0 Å². The van der Waals surface area contributed by atoms with Gasteiger partial charge in [-0.15, -0.1) is 0 Å². The smallest absolute Gasteiger partial charge is 0.261 e. The Bertz CT molecular complexity index is 475. The topological polar surface area (TPSA) is 77.5 Å². The summed E-state index contributed by atoms with van der Waals surface area (Å²) in [5.41, 5.74) is 0.491. The minimum atomic E-state index is -0.927.